The lowest BCUT2D eigenvalue weighted by molar-refractivity contribution is -0.136. The Morgan fingerprint density at radius 2 is 2.00 bits per heavy atom. The van der Waals surface area contributed by atoms with Gasteiger partial charge in [0, 0.05) is 57.0 Å². The monoisotopic (exact) mass is 434 g/mol. The molecule has 0 bridgehead atoms. The van der Waals surface area contributed by atoms with E-state index in [0.29, 0.717) is 38.2 Å². The van der Waals surface area contributed by atoms with Crippen LogP contribution in [0.5, 0.6) is 0 Å². The highest BCUT2D eigenvalue weighted by Gasteiger charge is 2.40. The highest BCUT2D eigenvalue weighted by molar-refractivity contribution is 7.90. The summed E-state index contributed by atoms with van der Waals surface area (Å²) in [6.07, 6.45) is 1.80. The van der Waals surface area contributed by atoms with Gasteiger partial charge in [-0.2, -0.15) is 0 Å². The van der Waals surface area contributed by atoms with E-state index in [4.69, 9.17) is 0 Å². The molecule has 0 aromatic heterocycles. The number of benzene rings is 1. The van der Waals surface area contributed by atoms with Crippen LogP contribution in [0.3, 0.4) is 0 Å². The minimum Gasteiger partial charge on any atom is -0.322 e. The van der Waals surface area contributed by atoms with Gasteiger partial charge in [0.25, 0.3) is 5.91 Å². The van der Waals surface area contributed by atoms with E-state index in [2.05, 4.69) is 15.5 Å². The molecule has 0 spiro atoms. The van der Waals surface area contributed by atoms with Gasteiger partial charge >= 0.3 is 0 Å². The van der Waals surface area contributed by atoms with Gasteiger partial charge in [-0.25, -0.2) is 8.42 Å². The highest BCUT2D eigenvalue weighted by Crippen LogP contribution is 2.30. The zero-order valence-electron chi connectivity index (χ0n) is 16.9. The molecule has 9 nitrogen and oxygen atoms in total. The molecule has 0 radical (unpaired) electrons. The first-order chi connectivity index (χ1) is 14.2. The smallest absolute Gasteiger partial charge is 0.255 e. The van der Waals surface area contributed by atoms with Gasteiger partial charge in [-0.1, -0.05) is 18.2 Å². The fourth-order valence-electron chi connectivity index (χ4n) is 4.58. The van der Waals surface area contributed by atoms with E-state index < -0.39 is 21.8 Å². The predicted molar refractivity (Wildman–Crippen MR) is 109 cm³/mol. The van der Waals surface area contributed by atoms with Crippen molar-refractivity contribution in [1.29, 1.82) is 0 Å². The Balaban J connectivity index is 1.49. The topological polar surface area (TPSA) is 116 Å². The largest absolute Gasteiger partial charge is 0.322 e. The average molecular weight is 435 g/mol. The summed E-state index contributed by atoms with van der Waals surface area (Å²) in [6, 6.07) is 4.95. The van der Waals surface area contributed by atoms with Gasteiger partial charge in [0.15, 0.2) is 0 Å². The Hall–Kier alpha value is -2.30. The predicted octanol–water partition coefficient (Wildman–Crippen LogP) is -0.734. The molecule has 2 unspecified atom stereocenters. The molecule has 30 heavy (non-hydrogen) atoms. The molecular formula is C20H26N4O5S. The number of piperazine rings is 1. The van der Waals surface area contributed by atoms with Crippen molar-refractivity contribution in [1.82, 2.24) is 20.4 Å². The van der Waals surface area contributed by atoms with Crippen molar-refractivity contribution in [2.24, 2.45) is 0 Å². The molecular weight excluding hydrogens is 408 g/mol. The van der Waals surface area contributed by atoms with Crippen LogP contribution in [0.25, 0.3) is 0 Å². The zero-order chi connectivity index (χ0) is 21.5. The first-order valence-corrected chi connectivity index (χ1v) is 12.2. The first-order valence-electron chi connectivity index (χ1n) is 10.1. The number of imide groups is 1. The number of nitrogens with one attached hydrogen (secondary N) is 2. The van der Waals surface area contributed by atoms with E-state index in [0.717, 1.165) is 17.7 Å². The van der Waals surface area contributed by atoms with E-state index >= 15 is 0 Å². The van der Waals surface area contributed by atoms with Crippen LogP contribution in [0.1, 0.15) is 34.3 Å². The van der Waals surface area contributed by atoms with Gasteiger partial charge in [-0.3, -0.25) is 24.6 Å². The molecule has 3 aliphatic rings. The number of carbonyl (C=O) groups is 3. The molecule has 2 N–H and O–H groups in total. The van der Waals surface area contributed by atoms with Gasteiger partial charge < -0.3 is 10.2 Å². The third-order valence-corrected chi connectivity index (χ3v) is 6.88. The number of amides is 3. The number of fused-ring (bicyclic) bond motifs is 1. The molecule has 3 heterocycles. The van der Waals surface area contributed by atoms with Crippen LogP contribution in [0.2, 0.25) is 0 Å². The zero-order valence-corrected chi connectivity index (χ0v) is 17.7. The molecule has 2 fully saturated rings. The van der Waals surface area contributed by atoms with Crippen LogP contribution in [-0.2, 0) is 32.5 Å². The Kier molecular flexibility index (Phi) is 5.65. The van der Waals surface area contributed by atoms with Crippen LogP contribution in [-0.4, -0.2) is 79.7 Å². The summed E-state index contributed by atoms with van der Waals surface area (Å²) in [5.74, 6) is -0.820. The van der Waals surface area contributed by atoms with E-state index in [1.165, 1.54) is 6.26 Å². The molecule has 0 aliphatic carbocycles. The number of rotatable bonds is 5. The summed E-state index contributed by atoms with van der Waals surface area (Å²) in [5, 5.41) is 5.56. The second-order valence-corrected chi connectivity index (χ2v) is 10.5. The molecule has 4 rings (SSSR count). The third kappa shape index (κ3) is 4.40. The van der Waals surface area contributed by atoms with E-state index in [9.17, 15) is 22.8 Å². The van der Waals surface area contributed by atoms with Crippen LogP contribution in [0.15, 0.2) is 18.2 Å². The summed E-state index contributed by atoms with van der Waals surface area (Å²) >= 11 is 0. The Morgan fingerprint density at radius 3 is 2.73 bits per heavy atom. The summed E-state index contributed by atoms with van der Waals surface area (Å²) < 4.78 is 23.3. The number of hydrogen-bond acceptors (Lipinski definition) is 7. The van der Waals surface area contributed by atoms with Crippen molar-refractivity contribution in [3.05, 3.63) is 34.9 Å². The van der Waals surface area contributed by atoms with Gasteiger partial charge in [-0.05, 0) is 17.5 Å². The van der Waals surface area contributed by atoms with Crippen molar-refractivity contribution in [3.8, 4) is 0 Å². The number of sulfone groups is 1. The first kappa shape index (κ1) is 21.0. The quantitative estimate of drug-likeness (QED) is 0.587. The van der Waals surface area contributed by atoms with Crippen LogP contribution in [0.4, 0.5) is 0 Å². The molecule has 3 aliphatic heterocycles. The fourth-order valence-corrected chi connectivity index (χ4v) is 5.53. The van der Waals surface area contributed by atoms with Gasteiger partial charge in [-0.15, -0.1) is 0 Å². The van der Waals surface area contributed by atoms with Crippen LogP contribution < -0.4 is 10.6 Å². The fraction of sp³-hybridized carbons (Fsp3) is 0.550. The van der Waals surface area contributed by atoms with Crippen molar-refractivity contribution >= 4 is 27.6 Å². The molecule has 2 atom stereocenters. The lowest BCUT2D eigenvalue weighted by atomic mass is 10.0. The highest BCUT2D eigenvalue weighted by atomic mass is 32.2. The maximum atomic E-state index is 13.2. The van der Waals surface area contributed by atoms with E-state index in [-0.39, 0.29) is 30.0 Å². The molecule has 0 saturated carbocycles. The minimum absolute atomic E-state index is 0.0820. The number of carbonyl (C=O) groups excluding carboxylic acids is 3. The standard InChI is InChI=1S/C20H26N4O5S/c1-30(28,29)12-15-11-23(8-7-21-15)9-13-3-2-4-14-10-24(20(27)18(13)14)16-5-6-17(25)22-19(16)26/h2-4,15-16,21H,5-12H2,1H3,(H,22,25,26). The molecule has 2 saturated heterocycles. The summed E-state index contributed by atoms with van der Waals surface area (Å²) in [5.41, 5.74) is 2.39. The summed E-state index contributed by atoms with van der Waals surface area (Å²) in [7, 11) is -3.08. The molecule has 162 valence electrons. The maximum Gasteiger partial charge on any atom is 0.255 e. The molecule has 1 aromatic rings. The molecule has 3 amide bonds. The Morgan fingerprint density at radius 1 is 1.20 bits per heavy atom. The molecule has 10 heteroatoms. The number of hydrogen-bond donors (Lipinski definition) is 2. The average Bonchev–Trinajstić information content (AvgIpc) is 2.98. The van der Waals surface area contributed by atoms with Gasteiger partial charge in [0.1, 0.15) is 15.9 Å². The second kappa shape index (κ2) is 8.09. The lowest BCUT2D eigenvalue weighted by Crippen LogP contribution is -2.53. The Bertz CT molecular complexity index is 993. The minimum atomic E-state index is -3.08. The maximum absolute atomic E-state index is 13.2. The second-order valence-electron chi connectivity index (χ2n) is 8.33. The van der Waals surface area contributed by atoms with Crippen molar-refractivity contribution in [2.75, 3.05) is 31.6 Å². The summed E-state index contributed by atoms with van der Waals surface area (Å²) in [4.78, 5) is 40.6. The van der Waals surface area contributed by atoms with Crippen molar-refractivity contribution in [3.63, 3.8) is 0 Å². The van der Waals surface area contributed by atoms with Crippen LogP contribution in [0, 0.1) is 0 Å². The van der Waals surface area contributed by atoms with Crippen molar-refractivity contribution in [2.45, 2.75) is 38.0 Å². The SMILES string of the molecule is CS(=O)(=O)CC1CN(Cc2cccc3c2C(=O)N(C2CCC(=O)NC2=O)C3)CCN1. The number of nitrogens with zero attached hydrogens (tertiary/aromatic N) is 2. The normalized spacial score (nSPS) is 25.4. The molecule has 1 aromatic carbocycles. The number of piperidine rings is 1. The van der Waals surface area contributed by atoms with E-state index in [1.807, 2.05) is 18.2 Å². The van der Waals surface area contributed by atoms with E-state index in [1.54, 1.807) is 4.90 Å². The Labute approximate surface area is 175 Å². The summed E-state index contributed by atoms with van der Waals surface area (Å²) in [6.45, 7) is 2.93. The van der Waals surface area contributed by atoms with Gasteiger partial charge in [0.2, 0.25) is 11.8 Å². The third-order valence-electron chi connectivity index (χ3n) is 5.88. The van der Waals surface area contributed by atoms with Crippen LogP contribution >= 0.6 is 0 Å². The van der Waals surface area contributed by atoms with Gasteiger partial charge in [0.05, 0.1) is 5.75 Å². The lowest BCUT2D eigenvalue weighted by Gasteiger charge is -2.33. The van der Waals surface area contributed by atoms with Crippen molar-refractivity contribution < 1.29 is 22.8 Å².